The lowest BCUT2D eigenvalue weighted by Crippen LogP contribution is -2.52. The van der Waals surface area contributed by atoms with Crippen LogP contribution in [0.15, 0.2) is 18.2 Å². The van der Waals surface area contributed by atoms with Crippen molar-refractivity contribution in [2.24, 2.45) is 0 Å². The minimum absolute atomic E-state index is 0.0430. The normalized spacial score (nSPS) is 18.0. The van der Waals surface area contributed by atoms with Crippen LogP contribution in [0.1, 0.15) is 42.5 Å². The first-order valence-electron chi connectivity index (χ1n) is 6.55. The fourth-order valence-electron chi connectivity index (χ4n) is 2.58. The van der Waals surface area contributed by atoms with E-state index in [0.717, 1.165) is 32.1 Å². The van der Waals surface area contributed by atoms with Crippen molar-refractivity contribution in [3.8, 4) is 0 Å². The highest BCUT2D eigenvalue weighted by molar-refractivity contribution is 6.34. The topological polar surface area (TPSA) is 75.4 Å². The van der Waals surface area contributed by atoms with Gasteiger partial charge in [0, 0.05) is 5.69 Å². The largest absolute Gasteiger partial charge is 0.399 e. The molecule has 0 spiro atoms. The summed E-state index contributed by atoms with van der Waals surface area (Å²) in [5, 5.41) is 12.9. The molecule has 1 amide bonds. The molecule has 0 heterocycles. The Balaban J connectivity index is 2.17. The summed E-state index contributed by atoms with van der Waals surface area (Å²) in [4.78, 5) is 12.3. The Morgan fingerprint density at radius 2 is 2.05 bits per heavy atom. The van der Waals surface area contributed by atoms with Gasteiger partial charge >= 0.3 is 0 Å². The number of nitrogen functional groups attached to an aromatic ring is 1. The number of carbonyl (C=O) groups is 1. The van der Waals surface area contributed by atoms with Crippen LogP contribution in [0.25, 0.3) is 0 Å². The van der Waals surface area contributed by atoms with Gasteiger partial charge in [0.25, 0.3) is 5.91 Å². The summed E-state index contributed by atoms with van der Waals surface area (Å²) in [6.07, 6.45) is 4.79. The zero-order valence-electron chi connectivity index (χ0n) is 10.8. The molecule has 5 heteroatoms. The summed E-state index contributed by atoms with van der Waals surface area (Å²) in [6.45, 7) is -0.0430. The van der Waals surface area contributed by atoms with E-state index >= 15 is 0 Å². The number of amides is 1. The molecular weight excluding hydrogens is 264 g/mol. The number of anilines is 1. The molecule has 4 N–H and O–H groups in total. The summed E-state index contributed by atoms with van der Waals surface area (Å²) >= 11 is 6.02. The lowest BCUT2D eigenvalue weighted by molar-refractivity contribution is 0.0759. The molecule has 19 heavy (non-hydrogen) atoms. The molecule has 1 aliphatic rings. The number of hydrogen-bond acceptors (Lipinski definition) is 3. The van der Waals surface area contributed by atoms with Crippen molar-refractivity contribution >= 4 is 23.2 Å². The molecule has 0 bridgehead atoms. The minimum atomic E-state index is -0.511. The van der Waals surface area contributed by atoms with Crippen LogP contribution in [0.2, 0.25) is 5.02 Å². The molecule has 104 valence electrons. The van der Waals surface area contributed by atoms with Gasteiger partial charge in [-0.2, -0.15) is 0 Å². The number of nitrogens with two attached hydrogens (primary N) is 1. The molecule has 0 unspecified atom stereocenters. The smallest absolute Gasteiger partial charge is 0.253 e. The fourth-order valence-corrected chi connectivity index (χ4v) is 2.78. The van der Waals surface area contributed by atoms with Gasteiger partial charge in [-0.1, -0.05) is 30.9 Å². The van der Waals surface area contributed by atoms with Crippen LogP contribution < -0.4 is 11.1 Å². The molecule has 1 aromatic carbocycles. The van der Waals surface area contributed by atoms with Gasteiger partial charge in [-0.3, -0.25) is 4.79 Å². The molecule has 0 aliphatic heterocycles. The van der Waals surface area contributed by atoms with Crippen LogP contribution in [0, 0.1) is 0 Å². The molecule has 0 aromatic heterocycles. The number of hydrogen-bond donors (Lipinski definition) is 3. The van der Waals surface area contributed by atoms with E-state index in [1.54, 1.807) is 18.2 Å². The van der Waals surface area contributed by atoms with E-state index in [9.17, 15) is 9.90 Å². The average molecular weight is 283 g/mol. The zero-order valence-corrected chi connectivity index (χ0v) is 11.5. The first kappa shape index (κ1) is 14.2. The molecular formula is C14H19ClN2O2. The molecule has 1 aliphatic carbocycles. The second kappa shape index (κ2) is 5.80. The lowest BCUT2D eigenvalue weighted by Gasteiger charge is -2.36. The second-order valence-corrected chi connectivity index (χ2v) is 5.60. The third-order valence-electron chi connectivity index (χ3n) is 3.73. The Labute approximate surface area is 117 Å². The van der Waals surface area contributed by atoms with Crippen molar-refractivity contribution in [1.29, 1.82) is 0 Å². The maximum atomic E-state index is 12.3. The highest BCUT2D eigenvalue weighted by atomic mass is 35.5. The van der Waals surface area contributed by atoms with Gasteiger partial charge in [0.2, 0.25) is 0 Å². The predicted molar refractivity (Wildman–Crippen MR) is 76.2 cm³/mol. The lowest BCUT2D eigenvalue weighted by atomic mass is 9.82. The maximum absolute atomic E-state index is 12.3. The Kier molecular flexibility index (Phi) is 4.32. The number of rotatable bonds is 3. The quantitative estimate of drug-likeness (QED) is 0.745. The van der Waals surface area contributed by atoms with Gasteiger partial charge in [-0.05, 0) is 31.0 Å². The molecule has 0 atom stereocenters. The standard InChI is InChI=1S/C14H19ClN2O2/c15-12-5-4-10(16)8-11(12)13(19)17-14(9-18)6-2-1-3-7-14/h4-5,8,18H,1-3,6-7,9,16H2,(H,17,19). The van der Waals surface area contributed by atoms with Crippen molar-refractivity contribution in [2.75, 3.05) is 12.3 Å². The maximum Gasteiger partial charge on any atom is 0.253 e. The summed E-state index contributed by atoms with van der Waals surface area (Å²) in [6, 6.07) is 4.82. The van der Waals surface area contributed by atoms with Gasteiger partial charge in [-0.15, -0.1) is 0 Å². The zero-order chi connectivity index (χ0) is 13.9. The van der Waals surface area contributed by atoms with Crippen molar-refractivity contribution in [3.05, 3.63) is 28.8 Å². The summed E-state index contributed by atoms with van der Waals surface area (Å²) in [5.41, 5.74) is 6.02. The Morgan fingerprint density at radius 3 is 2.68 bits per heavy atom. The van der Waals surface area contributed by atoms with Crippen molar-refractivity contribution in [3.63, 3.8) is 0 Å². The number of aliphatic hydroxyl groups is 1. The van der Waals surface area contributed by atoms with Gasteiger partial charge in [0.1, 0.15) is 0 Å². The summed E-state index contributed by atoms with van der Waals surface area (Å²) in [7, 11) is 0. The van der Waals surface area contributed by atoms with Crippen LogP contribution in [0.4, 0.5) is 5.69 Å². The van der Waals surface area contributed by atoms with E-state index in [1.165, 1.54) is 0 Å². The predicted octanol–water partition coefficient (Wildman–Crippen LogP) is 2.35. The first-order valence-corrected chi connectivity index (χ1v) is 6.92. The number of carbonyl (C=O) groups excluding carboxylic acids is 1. The minimum Gasteiger partial charge on any atom is -0.399 e. The fraction of sp³-hybridized carbons (Fsp3) is 0.500. The Hall–Kier alpha value is -1.26. The van der Waals surface area contributed by atoms with Crippen LogP contribution in [0.3, 0.4) is 0 Å². The molecule has 2 rings (SSSR count). The molecule has 1 aromatic rings. The van der Waals surface area contributed by atoms with Gasteiger partial charge in [0.05, 0.1) is 22.7 Å². The van der Waals surface area contributed by atoms with Crippen LogP contribution in [-0.4, -0.2) is 23.2 Å². The van der Waals surface area contributed by atoms with E-state index in [0.29, 0.717) is 16.3 Å². The van der Waals surface area contributed by atoms with Crippen LogP contribution >= 0.6 is 11.6 Å². The SMILES string of the molecule is Nc1ccc(Cl)c(C(=O)NC2(CO)CCCCC2)c1. The molecule has 1 fully saturated rings. The van der Waals surface area contributed by atoms with E-state index in [4.69, 9.17) is 17.3 Å². The molecule has 0 radical (unpaired) electrons. The number of aliphatic hydroxyl groups excluding tert-OH is 1. The van der Waals surface area contributed by atoms with E-state index in [-0.39, 0.29) is 12.5 Å². The summed E-state index contributed by atoms with van der Waals surface area (Å²) < 4.78 is 0. The van der Waals surface area contributed by atoms with Crippen LogP contribution in [-0.2, 0) is 0 Å². The highest BCUT2D eigenvalue weighted by Gasteiger charge is 2.33. The van der Waals surface area contributed by atoms with Crippen molar-refractivity contribution in [1.82, 2.24) is 5.32 Å². The van der Waals surface area contributed by atoms with Crippen LogP contribution in [0.5, 0.6) is 0 Å². The summed E-state index contributed by atoms with van der Waals surface area (Å²) in [5.74, 6) is -0.270. The molecule has 0 saturated heterocycles. The third kappa shape index (κ3) is 3.19. The first-order chi connectivity index (χ1) is 9.06. The monoisotopic (exact) mass is 282 g/mol. The second-order valence-electron chi connectivity index (χ2n) is 5.19. The van der Waals surface area contributed by atoms with E-state index in [1.807, 2.05) is 0 Å². The Bertz CT molecular complexity index is 471. The van der Waals surface area contributed by atoms with Gasteiger partial charge in [-0.25, -0.2) is 0 Å². The van der Waals surface area contributed by atoms with Crippen molar-refractivity contribution < 1.29 is 9.90 Å². The van der Waals surface area contributed by atoms with E-state index in [2.05, 4.69) is 5.32 Å². The Morgan fingerprint density at radius 1 is 1.37 bits per heavy atom. The average Bonchev–Trinajstić information content (AvgIpc) is 2.42. The van der Waals surface area contributed by atoms with Gasteiger partial charge < -0.3 is 16.2 Å². The van der Waals surface area contributed by atoms with E-state index < -0.39 is 5.54 Å². The number of benzene rings is 1. The third-order valence-corrected chi connectivity index (χ3v) is 4.06. The van der Waals surface area contributed by atoms with Crippen molar-refractivity contribution in [2.45, 2.75) is 37.6 Å². The molecule has 4 nitrogen and oxygen atoms in total. The molecule has 1 saturated carbocycles. The highest BCUT2D eigenvalue weighted by Crippen LogP contribution is 2.29. The number of halogens is 1. The number of nitrogens with one attached hydrogen (secondary N) is 1. The van der Waals surface area contributed by atoms with Gasteiger partial charge in [0.15, 0.2) is 0 Å².